The smallest absolute Gasteiger partial charge is 0.249 e. The predicted octanol–water partition coefficient (Wildman–Crippen LogP) is 3.94. The zero-order chi connectivity index (χ0) is 20.7. The van der Waals surface area contributed by atoms with Gasteiger partial charge in [0.25, 0.3) is 0 Å². The van der Waals surface area contributed by atoms with Crippen molar-refractivity contribution < 1.29 is 9.84 Å². The maximum atomic E-state index is 12.0. The number of pyridine rings is 2. The molecule has 6 heteroatoms. The van der Waals surface area contributed by atoms with Crippen LogP contribution >= 0.6 is 0 Å². The number of nitrogens with one attached hydrogen (secondary N) is 2. The van der Waals surface area contributed by atoms with Crippen molar-refractivity contribution >= 4 is 11.0 Å². The fraction of sp³-hybridized carbons (Fsp3) is 0.417. The fourth-order valence-electron chi connectivity index (χ4n) is 4.48. The molecule has 2 unspecified atom stereocenters. The number of rotatable bonds is 5. The molecule has 3 N–H and O–H groups in total. The lowest BCUT2D eigenvalue weighted by Gasteiger charge is -2.25. The number of phenols is 1. The van der Waals surface area contributed by atoms with Crippen molar-refractivity contribution in [3.8, 4) is 22.8 Å². The third-order valence-corrected chi connectivity index (χ3v) is 6.33. The average Bonchev–Trinajstić information content (AvgIpc) is 3.59. The summed E-state index contributed by atoms with van der Waals surface area (Å²) >= 11 is 0. The number of aromatic hydroxyl groups is 1. The van der Waals surface area contributed by atoms with Crippen LogP contribution < -0.4 is 15.6 Å². The Morgan fingerprint density at radius 3 is 2.83 bits per heavy atom. The maximum Gasteiger partial charge on any atom is 0.249 e. The van der Waals surface area contributed by atoms with Gasteiger partial charge in [-0.3, -0.25) is 4.79 Å². The van der Waals surface area contributed by atoms with E-state index in [2.05, 4.69) is 23.3 Å². The number of benzene rings is 1. The summed E-state index contributed by atoms with van der Waals surface area (Å²) in [5.74, 6) is 1.67. The van der Waals surface area contributed by atoms with Gasteiger partial charge in [-0.25, -0.2) is 4.98 Å². The zero-order valence-electron chi connectivity index (χ0n) is 17.1. The highest BCUT2D eigenvalue weighted by molar-refractivity contribution is 5.85. The number of aromatic amines is 1. The molecule has 2 fully saturated rings. The predicted molar refractivity (Wildman–Crippen MR) is 117 cm³/mol. The Bertz CT molecular complexity index is 1130. The molecule has 0 bridgehead atoms. The van der Waals surface area contributed by atoms with Gasteiger partial charge in [0.2, 0.25) is 5.56 Å². The van der Waals surface area contributed by atoms with E-state index >= 15 is 0 Å². The van der Waals surface area contributed by atoms with E-state index in [-0.39, 0.29) is 17.4 Å². The molecule has 1 aliphatic carbocycles. The van der Waals surface area contributed by atoms with Crippen LogP contribution in [-0.4, -0.2) is 34.3 Å². The van der Waals surface area contributed by atoms with Crippen molar-refractivity contribution in [3.63, 3.8) is 0 Å². The van der Waals surface area contributed by atoms with Crippen LogP contribution in [0.15, 0.2) is 41.2 Å². The summed E-state index contributed by atoms with van der Waals surface area (Å²) in [5.41, 5.74) is 2.71. The second-order valence-electron chi connectivity index (χ2n) is 8.54. The molecule has 6 nitrogen and oxygen atoms in total. The van der Waals surface area contributed by atoms with E-state index in [0.717, 1.165) is 36.9 Å². The third kappa shape index (κ3) is 3.67. The summed E-state index contributed by atoms with van der Waals surface area (Å²) in [6.45, 7) is 4.00. The molecule has 3 aromatic rings. The minimum atomic E-state index is -0.184. The van der Waals surface area contributed by atoms with Gasteiger partial charge in [-0.1, -0.05) is 6.07 Å². The van der Waals surface area contributed by atoms with E-state index in [1.54, 1.807) is 18.2 Å². The lowest BCUT2D eigenvalue weighted by atomic mass is 9.89. The molecular formula is C24H27N3O3. The molecule has 2 aliphatic rings. The van der Waals surface area contributed by atoms with Crippen molar-refractivity contribution in [2.75, 3.05) is 13.1 Å². The second-order valence-corrected chi connectivity index (χ2v) is 8.54. The SMILES string of the molecule is CC(Oc1cccc(O)c1-c1cc(C2CCCNC2)c2ccc(=O)[nH]c2n1)C1CC1. The lowest BCUT2D eigenvalue weighted by Crippen LogP contribution is -2.28. The van der Waals surface area contributed by atoms with Crippen LogP contribution in [0.2, 0.25) is 0 Å². The van der Waals surface area contributed by atoms with Crippen molar-refractivity contribution in [1.29, 1.82) is 0 Å². The van der Waals surface area contributed by atoms with Gasteiger partial charge in [-0.05, 0) is 80.8 Å². The molecule has 2 aromatic heterocycles. The topological polar surface area (TPSA) is 87.2 Å². The van der Waals surface area contributed by atoms with Crippen LogP contribution in [0.4, 0.5) is 0 Å². The number of fused-ring (bicyclic) bond motifs is 1. The quantitative estimate of drug-likeness (QED) is 0.598. The number of phenolic OH excluding ortho intramolecular Hbond substituents is 1. The molecule has 0 amide bonds. The highest BCUT2D eigenvalue weighted by atomic mass is 16.5. The molecule has 1 saturated carbocycles. The molecule has 1 saturated heterocycles. The summed E-state index contributed by atoms with van der Waals surface area (Å²) < 4.78 is 6.24. The Balaban J connectivity index is 1.66. The van der Waals surface area contributed by atoms with Crippen molar-refractivity contribution in [3.05, 3.63) is 52.3 Å². The van der Waals surface area contributed by atoms with E-state index in [0.29, 0.717) is 34.5 Å². The van der Waals surface area contributed by atoms with E-state index in [1.807, 2.05) is 12.1 Å². The van der Waals surface area contributed by atoms with Gasteiger partial charge >= 0.3 is 0 Å². The van der Waals surface area contributed by atoms with Gasteiger partial charge in [0.15, 0.2) is 0 Å². The van der Waals surface area contributed by atoms with E-state index in [4.69, 9.17) is 9.72 Å². The number of H-pyrrole nitrogens is 1. The summed E-state index contributed by atoms with van der Waals surface area (Å²) in [4.78, 5) is 19.6. The monoisotopic (exact) mass is 405 g/mol. The highest BCUT2D eigenvalue weighted by Gasteiger charge is 2.30. The summed E-state index contributed by atoms with van der Waals surface area (Å²) in [5, 5.41) is 15.2. The number of piperidine rings is 1. The Hall–Kier alpha value is -2.86. The van der Waals surface area contributed by atoms with Gasteiger partial charge in [-0.15, -0.1) is 0 Å². The lowest BCUT2D eigenvalue weighted by molar-refractivity contribution is 0.198. The molecule has 156 valence electrons. The Kier molecular flexibility index (Phi) is 4.95. The second kappa shape index (κ2) is 7.76. The molecular weight excluding hydrogens is 378 g/mol. The van der Waals surface area contributed by atoms with Crippen molar-refractivity contribution in [2.45, 2.75) is 44.6 Å². The molecule has 0 spiro atoms. The molecule has 1 aliphatic heterocycles. The Labute approximate surface area is 175 Å². The maximum absolute atomic E-state index is 12.0. The number of ether oxygens (including phenoxy) is 1. The minimum Gasteiger partial charge on any atom is -0.507 e. The first-order valence-corrected chi connectivity index (χ1v) is 10.8. The summed E-state index contributed by atoms with van der Waals surface area (Å²) in [7, 11) is 0. The first-order chi connectivity index (χ1) is 14.6. The molecule has 30 heavy (non-hydrogen) atoms. The van der Waals surface area contributed by atoms with Gasteiger partial charge < -0.3 is 20.1 Å². The zero-order valence-corrected chi connectivity index (χ0v) is 17.1. The number of hydrogen-bond acceptors (Lipinski definition) is 5. The van der Waals surface area contributed by atoms with Crippen LogP contribution in [0.25, 0.3) is 22.3 Å². The highest BCUT2D eigenvalue weighted by Crippen LogP contribution is 2.42. The first-order valence-electron chi connectivity index (χ1n) is 10.8. The van der Waals surface area contributed by atoms with Gasteiger partial charge in [-0.2, -0.15) is 0 Å². The molecule has 3 heterocycles. The number of aromatic nitrogens is 2. The van der Waals surface area contributed by atoms with E-state index in [9.17, 15) is 9.90 Å². The fourth-order valence-corrected chi connectivity index (χ4v) is 4.48. The molecule has 2 atom stereocenters. The average molecular weight is 405 g/mol. The van der Waals surface area contributed by atoms with Gasteiger partial charge in [0.1, 0.15) is 17.1 Å². The van der Waals surface area contributed by atoms with Crippen LogP contribution in [0.1, 0.15) is 44.1 Å². The van der Waals surface area contributed by atoms with Gasteiger partial charge in [0, 0.05) is 18.0 Å². The summed E-state index contributed by atoms with van der Waals surface area (Å²) in [6, 6.07) is 10.8. The largest absolute Gasteiger partial charge is 0.507 e. The van der Waals surface area contributed by atoms with E-state index < -0.39 is 0 Å². The van der Waals surface area contributed by atoms with Crippen molar-refractivity contribution in [2.24, 2.45) is 5.92 Å². The number of hydrogen-bond donors (Lipinski definition) is 3. The van der Waals surface area contributed by atoms with Gasteiger partial charge in [0.05, 0.1) is 17.4 Å². The molecule has 5 rings (SSSR count). The van der Waals surface area contributed by atoms with Crippen LogP contribution in [0.3, 0.4) is 0 Å². The van der Waals surface area contributed by atoms with E-state index in [1.165, 1.54) is 12.8 Å². The van der Waals surface area contributed by atoms with Crippen LogP contribution in [-0.2, 0) is 0 Å². The van der Waals surface area contributed by atoms with Crippen LogP contribution in [0, 0.1) is 5.92 Å². The van der Waals surface area contributed by atoms with Crippen molar-refractivity contribution in [1.82, 2.24) is 15.3 Å². The minimum absolute atomic E-state index is 0.0906. The number of nitrogens with zero attached hydrogens (tertiary/aromatic N) is 1. The van der Waals surface area contributed by atoms with Crippen LogP contribution in [0.5, 0.6) is 11.5 Å². The molecule has 0 radical (unpaired) electrons. The third-order valence-electron chi connectivity index (χ3n) is 6.33. The standard InChI is InChI=1S/C24H27N3O3/c1-14(15-7-8-15)30-21-6-2-5-20(28)23(21)19-12-18(16-4-3-11-25-13-16)17-9-10-22(29)27-24(17)26-19/h2,5-6,9-10,12,14-16,25,28H,3-4,7-8,11,13H2,1H3,(H,26,27,29). The first kappa shape index (κ1) is 19.1. The Morgan fingerprint density at radius 2 is 2.07 bits per heavy atom. The molecule has 1 aromatic carbocycles. The normalized spacial score (nSPS) is 20.2. The summed E-state index contributed by atoms with van der Waals surface area (Å²) in [6.07, 6.45) is 4.64. The Morgan fingerprint density at radius 1 is 1.20 bits per heavy atom.